The van der Waals surface area contributed by atoms with Gasteiger partial charge in [0.15, 0.2) is 20.8 Å². The highest BCUT2D eigenvalue weighted by Gasteiger charge is 2.17. The van der Waals surface area contributed by atoms with Crippen LogP contribution in [0.3, 0.4) is 0 Å². The number of benzene rings is 1. The van der Waals surface area contributed by atoms with E-state index in [1.54, 1.807) is 24.5 Å². The monoisotopic (exact) mass is 432 g/mol. The highest BCUT2D eigenvalue weighted by atomic mass is 32.2. The molecule has 3 aromatic rings. The van der Waals surface area contributed by atoms with Crippen molar-refractivity contribution in [1.82, 2.24) is 14.8 Å². The molecule has 0 atom stereocenters. The Hall–Kier alpha value is -2.85. The van der Waals surface area contributed by atoms with E-state index in [1.807, 2.05) is 17.6 Å². The Bertz CT molecular complexity index is 1130. The van der Waals surface area contributed by atoms with Crippen LogP contribution < -0.4 is 5.32 Å². The zero-order valence-corrected chi connectivity index (χ0v) is 17.6. The van der Waals surface area contributed by atoms with Crippen LogP contribution in [0, 0.1) is 6.92 Å². The van der Waals surface area contributed by atoms with E-state index in [-0.39, 0.29) is 16.6 Å². The van der Waals surface area contributed by atoms with Gasteiger partial charge in [-0.1, -0.05) is 17.8 Å². The summed E-state index contributed by atoms with van der Waals surface area (Å²) < 4.78 is 30.2. The summed E-state index contributed by atoms with van der Waals surface area (Å²) in [6, 6.07) is 7.84. The number of carbonyl (C=O) groups is 1. The van der Waals surface area contributed by atoms with Gasteiger partial charge in [-0.2, -0.15) is 0 Å². The Morgan fingerprint density at radius 3 is 2.59 bits per heavy atom. The number of aromatic nitrogens is 3. The first-order valence-corrected chi connectivity index (χ1v) is 11.5. The van der Waals surface area contributed by atoms with Gasteiger partial charge >= 0.3 is 0 Å². The van der Waals surface area contributed by atoms with Gasteiger partial charge in [0.2, 0.25) is 5.91 Å². The molecule has 0 fully saturated rings. The lowest BCUT2D eigenvalue weighted by Gasteiger charge is -2.08. The minimum absolute atomic E-state index is 0.119. The molecule has 3 rings (SSSR count). The summed E-state index contributed by atoms with van der Waals surface area (Å²) >= 11 is 1.25. The minimum atomic E-state index is -3.27. The largest absolute Gasteiger partial charge is 0.469 e. The van der Waals surface area contributed by atoms with Crippen LogP contribution >= 0.6 is 11.8 Å². The van der Waals surface area contributed by atoms with Crippen LogP contribution in [0.25, 0.3) is 11.4 Å². The maximum atomic E-state index is 12.3. The Labute approximate surface area is 172 Å². The van der Waals surface area contributed by atoms with Crippen molar-refractivity contribution in [3.05, 3.63) is 55.0 Å². The minimum Gasteiger partial charge on any atom is -0.469 e. The molecule has 0 aliphatic carbocycles. The fourth-order valence-electron chi connectivity index (χ4n) is 2.62. The van der Waals surface area contributed by atoms with Gasteiger partial charge in [0.25, 0.3) is 0 Å². The summed E-state index contributed by atoms with van der Waals surface area (Å²) in [5.41, 5.74) is 1.35. The maximum Gasteiger partial charge on any atom is 0.234 e. The smallest absolute Gasteiger partial charge is 0.234 e. The Morgan fingerprint density at radius 1 is 1.28 bits per heavy atom. The van der Waals surface area contributed by atoms with Crippen LogP contribution in [0.15, 0.2) is 63.7 Å². The summed E-state index contributed by atoms with van der Waals surface area (Å²) in [5, 5.41) is 11.7. The Kier molecular flexibility index (Phi) is 6.23. The number of hydrogen-bond acceptors (Lipinski definition) is 7. The van der Waals surface area contributed by atoms with Crippen molar-refractivity contribution < 1.29 is 17.6 Å². The molecule has 29 heavy (non-hydrogen) atoms. The molecule has 1 aromatic carbocycles. The summed E-state index contributed by atoms with van der Waals surface area (Å²) in [6.07, 6.45) is 4.46. The number of amides is 1. The third-order valence-corrected chi connectivity index (χ3v) is 6.12. The molecule has 8 nitrogen and oxygen atoms in total. The summed E-state index contributed by atoms with van der Waals surface area (Å²) in [4.78, 5) is 12.5. The van der Waals surface area contributed by atoms with E-state index < -0.39 is 9.84 Å². The van der Waals surface area contributed by atoms with E-state index in [4.69, 9.17) is 4.42 Å². The van der Waals surface area contributed by atoms with Crippen molar-refractivity contribution in [3.8, 4) is 11.4 Å². The number of allylic oxidation sites excluding steroid dienone is 1. The van der Waals surface area contributed by atoms with E-state index in [0.717, 1.165) is 17.6 Å². The number of furan rings is 1. The lowest BCUT2D eigenvalue weighted by atomic mass is 10.2. The highest BCUT2D eigenvalue weighted by molar-refractivity contribution is 7.99. The molecule has 0 bridgehead atoms. The van der Waals surface area contributed by atoms with Crippen LogP contribution in [0.4, 0.5) is 5.69 Å². The first kappa shape index (κ1) is 20.9. The van der Waals surface area contributed by atoms with Gasteiger partial charge in [0.1, 0.15) is 5.76 Å². The molecule has 0 saturated heterocycles. The first-order valence-electron chi connectivity index (χ1n) is 8.61. The number of carbonyl (C=O) groups excluding carboxylic acids is 1. The van der Waals surface area contributed by atoms with Crippen molar-refractivity contribution in [1.29, 1.82) is 0 Å². The van der Waals surface area contributed by atoms with Crippen LogP contribution in [-0.2, 0) is 21.2 Å². The fourth-order valence-corrected chi connectivity index (χ4v) is 4.00. The average molecular weight is 433 g/mol. The van der Waals surface area contributed by atoms with Crippen LogP contribution in [0.5, 0.6) is 0 Å². The van der Waals surface area contributed by atoms with Gasteiger partial charge in [0.05, 0.1) is 22.5 Å². The number of anilines is 1. The molecular formula is C19H20N4O4S2. The molecule has 0 saturated carbocycles. The normalized spacial score (nSPS) is 11.4. The van der Waals surface area contributed by atoms with Crippen molar-refractivity contribution >= 4 is 33.2 Å². The number of aryl methyl sites for hydroxylation is 1. The van der Waals surface area contributed by atoms with Gasteiger partial charge < -0.3 is 9.73 Å². The molecule has 1 N–H and O–H groups in total. The van der Waals surface area contributed by atoms with E-state index in [9.17, 15) is 13.2 Å². The van der Waals surface area contributed by atoms with Crippen LogP contribution in [-0.4, -0.2) is 41.1 Å². The molecule has 2 aromatic heterocycles. The number of sulfone groups is 1. The van der Waals surface area contributed by atoms with Crippen molar-refractivity contribution in [2.45, 2.75) is 23.5 Å². The second-order valence-corrected chi connectivity index (χ2v) is 9.19. The molecule has 1 amide bonds. The zero-order chi connectivity index (χ0) is 21.0. The van der Waals surface area contributed by atoms with E-state index >= 15 is 0 Å². The van der Waals surface area contributed by atoms with Crippen molar-refractivity contribution in [2.75, 3.05) is 17.3 Å². The molecule has 10 heteroatoms. The molecule has 0 aliphatic heterocycles. The number of hydrogen-bond donors (Lipinski definition) is 1. The third-order valence-electron chi connectivity index (χ3n) is 4.03. The van der Waals surface area contributed by atoms with E-state index in [2.05, 4.69) is 22.1 Å². The topological polar surface area (TPSA) is 107 Å². The zero-order valence-electron chi connectivity index (χ0n) is 16.0. The van der Waals surface area contributed by atoms with Crippen molar-refractivity contribution in [2.24, 2.45) is 0 Å². The molecule has 0 unspecified atom stereocenters. The van der Waals surface area contributed by atoms with Gasteiger partial charge in [-0.15, -0.1) is 16.8 Å². The van der Waals surface area contributed by atoms with Gasteiger partial charge in [-0.3, -0.25) is 9.36 Å². The molecule has 152 valence electrons. The van der Waals surface area contributed by atoms with Gasteiger partial charge in [0, 0.05) is 18.5 Å². The Balaban J connectivity index is 1.68. The molecule has 0 aliphatic rings. The predicted molar refractivity (Wildman–Crippen MR) is 112 cm³/mol. The first-order chi connectivity index (χ1) is 13.8. The third kappa shape index (κ3) is 4.96. The van der Waals surface area contributed by atoms with Gasteiger partial charge in [-0.05, 0) is 37.3 Å². The maximum absolute atomic E-state index is 12.3. The predicted octanol–water partition coefficient (Wildman–Crippen LogP) is 3.17. The Morgan fingerprint density at radius 2 is 2.00 bits per heavy atom. The lowest BCUT2D eigenvalue weighted by Crippen LogP contribution is -2.14. The molecule has 2 heterocycles. The average Bonchev–Trinajstić information content (AvgIpc) is 3.26. The summed E-state index contributed by atoms with van der Waals surface area (Å²) in [5.74, 6) is 1.26. The summed E-state index contributed by atoms with van der Waals surface area (Å²) in [6.45, 7) is 6.10. The summed E-state index contributed by atoms with van der Waals surface area (Å²) in [7, 11) is -3.27. The number of nitrogens with zero attached hydrogens (tertiary/aromatic N) is 3. The van der Waals surface area contributed by atoms with E-state index in [0.29, 0.717) is 23.2 Å². The molecule has 0 radical (unpaired) electrons. The van der Waals surface area contributed by atoms with Crippen molar-refractivity contribution in [3.63, 3.8) is 0 Å². The van der Waals surface area contributed by atoms with E-state index in [1.165, 1.54) is 23.9 Å². The highest BCUT2D eigenvalue weighted by Crippen LogP contribution is 2.27. The number of rotatable bonds is 8. The van der Waals surface area contributed by atoms with Crippen LogP contribution in [0.1, 0.15) is 5.76 Å². The van der Waals surface area contributed by atoms with Crippen LogP contribution in [0.2, 0.25) is 0 Å². The molecule has 0 spiro atoms. The quantitative estimate of drug-likeness (QED) is 0.430. The standard InChI is InChI=1S/C19H20N4O4S2/c1-4-10-23-18(16-9-11-27-13(16)2)21-22-19(23)28-12-17(24)20-14-5-7-15(8-6-14)29(3,25)26/h4-9,11H,1,10,12H2,2-3H3,(H,20,24). The second-order valence-electron chi connectivity index (χ2n) is 6.23. The number of nitrogens with one attached hydrogen (secondary N) is 1. The SMILES string of the molecule is C=CCn1c(SCC(=O)Nc2ccc(S(C)(=O)=O)cc2)nnc1-c1ccoc1C. The lowest BCUT2D eigenvalue weighted by molar-refractivity contribution is -0.113. The number of thioether (sulfide) groups is 1. The fraction of sp³-hybridized carbons (Fsp3) is 0.211. The molecular weight excluding hydrogens is 412 g/mol. The van der Waals surface area contributed by atoms with Gasteiger partial charge in [-0.25, -0.2) is 8.42 Å². The second kappa shape index (κ2) is 8.66.